The molecule has 90 valence electrons. The molecular formula is C12H21N3O. The van der Waals surface area contributed by atoms with Crippen molar-refractivity contribution in [3.8, 4) is 0 Å². The van der Waals surface area contributed by atoms with Crippen LogP contribution in [-0.2, 0) is 0 Å². The van der Waals surface area contributed by atoms with Gasteiger partial charge in [-0.2, -0.15) is 0 Å². The van der Waals surface area contributed by atoms with Crippen molar-refractivity contribution in [2.75, 3.05) is 6.61 Å². The summed E-state index contributed by atoms with van der Waals surface area (Å²) in [4.78, 5) is 8.55. The van der Waals surface area contributed by atoms with Crippen molar-refractivity contribution in [3.05, 3.63) is 23.8 Å². The van der Waals surface area contributed by atoms with Gasteiger partial charge < -0.3 is 10.4 Å². The molecule has 0 spiro atoms. The maximum atomic E-state index is 9.08. The SMILES string of the molecule is Cc1nccnc1C(C)NC(C)C(C)CO. The topological polar surface area (TPSA) is 58.0 Å². The number of nitrogens with one attached hydrogen (secondary N) is 1. The summed E-state index contributed by atoms with van der Waals surface area (Å²) in [6.07, 6.45) is 3.41. The zero-order chi connectivity index (χ0) is 12.1. The highest BCUT2D eigenvalue weighted by Crippen LogP contribution is 2.14. The van der Waals surface area contributed by atoms with E-state index in [1.54, 1.807) is 12.4 Å². The molecule has 0 fully saturated rings. The molecular weight excluding hydrogens is 202 g/mol. The molecule has 0 saturated heterocycles. The first-order valence-electron chi connectivity index (χ1n) is 5.70. The van der Waals surface area contributed by atoms with Crippen LogP contribution in [-0.4, -0.2) is 27.7 Å². The minimum Gasteiger partial charge on any atom is -0.396 e. The number of aliphatic hydroxyl groups is 1. The van der Waals surface area contributed by atoms with Crippen LogP contribution in [0.3, 0.4) is 0 Å². The molecule has 16 heavy (non-hydrogen) atoms. The van der Waals surface area contributed by atoms with Crippen molar-refractivity contribution < 1.29 is 5.11 Å². The molecule has 0 saturated carbocycles. The van der Waals surface area contributed by atoms with E-state index in [1.165, 1.54) is 0 Å². The highest BCUT2D eigenvalue weighted by Gasteiger charge is 2.16. The van der Waals surface area contributed by atoms with Crippen LogP contribution in [0.4, 0.5) is 0 Å². The van der Waals surface area contributed by atoms with Crippen LogP contribution < -0.4 is 5.32 Å². The van der Waals surface area contributed by atoms with Gasteiger partial charge in [-0.1, -0.05) is 6.92 Å². The van der Waals surface area contributed by atoms with Crippen LogP contribution in [0.25, 0.3) is 0 Å². The predicted molar refractivity (Wildman–Crippen MR) is 64.0 cm³/mol. The van der Waals surface area contributed by atoms with Crippen LogP contribution in [0.1, 0.15) is 38.2 Å². The molecule has 1 rings (SSSR count). The molecule has 0 aliphatic rings. The first-order valence-corrected chi connectivity index (χ1v) is 5.70. The molecule has 0 aliphatic carbocycles. The molecule has 0 bridgehead atoms. The largest absolute Gasteiger partial charge is 0.396 e. The second-order valence-corrected chi connectivity index (χ2v) is 4.36. The highest BCUT2D eigenvalue weighted by molar-refractivity contribution is 5.12. The minimum atomic E-state index is 0.151. The number of nitrogens with zero attached hydrogens (tertiary/aromatic N) is 2. The van der Waals surface area contributed by atoms with Crippen molar-refractivity contribution in [2.45, 2.75) is 39.8 Å². The Morgan fingerprint density at radius 3 is 2.44 bits per heavy atom. The van der Waals surface area contributed by atoms with Gasteiger partial charge in [0.2, 0.25) is 0 Å². The molecule has 3 unspecified atom stereocenters. The second kappa shape index (κ2) is 5.92. The second-order valence-electron chi connectivity index (χ2n) is 4.36. The van der Waals surface area contributed by atoms with Gasteiger partial charge in [-0.15, -0.1) is 0 Å². The molecule has 0 radical (unpaired) electrons. The lowest BCUT2D eigenvalue weighted by atomic mass is 10.0. The number of rotatable bonds is 5. The molecule has 4 nitrogen and oxygen atoms in total. The Morgan fingerprint density at radius 2 is 1.88 bits per heavy atom. The lowest BCUT2D eigenvalue weighted by Gasteiger charge is -2.24. The third-order valence-corrected chi connectivity index (χ3v) is 2.98. The van der Waals surface area contributed by atoms with Crippen molar-refractivity contribution in [3.63, 3.8) is 0 Å². The zero-order valence-corrected chi connectivity index (χ0v) is 10.4. The Hall–Kier alpha value is -1.00. The van der Waals surface area contributed by atoms with E-state index in [4.69, 9.17) is 5.11 Å². The Balaban J connectivity index is 2.65. The fourth-order valence-corrected chi connectivity index (χ4v) is 1.64. The molecule has 1 heterocycles. The number of hydrogen-bond acceptors (Lipinski definition) is 4. The average molecular weight is 223 g/mol. The van der Waals surface area contributed by atoms with E-state index in [2.05, 4.69) is 29.1 Å². The van der Waals surface area contributed by atoms with Crippen LogP contribution in [0.5, 0.6) is 0 Å². The fourth-order valence-electron chi connectivity index (χ4n) is 1.64. The van der Waals surface area contributed by atoms with Gasteiger partial charge >= 0.3 is 0 Å². The summed E-state index contributed by atoms with van der Waals surface area (Å²) in [5.74, 6) is 0.236. The van der Waals surface area contributed by atoms with Crippen LogP contribution >= 0.6 is 0 Å². The molecule has 2 N–H and O–H groups in total. The first kappa shape index (κ1) is 13.1. The van der Waals surface area contributed by atoms with E-state index in [-0.39, 0.29) is 24.6 Å². The quantitative estimate of drug-likeness (QED) is 0.793. The van der Waals surface area contributed by atoms with Gasteiger partial charge in [0, 0.05) is 31.1 Å². The summed E-state index contributed by atoms with van der Waals surface area (Å²) in [6, 6.07) is 0.402. The summed E-state index contributed by atoms with van der Waals surface area (Å²) in [5.41, 5.74) is 1.92. The summed E-state index contributed by atoms with van der Waals surface area (Å²) >= 11 is 0. The molecule has 1 aromatic rings. The van der Waals surface area contributed by atoms with Gasteiger partial charge in [-0.25, -0.2) is 0 Å². The summed E-state index contributed by atoms with van der Waals surface area (Å²) in [6.45, 7) is 8.32. The number of aryl methyl sites for hydroxylation is 1. The maximum absolute atomic E-state index is 9.08. The number of aromatic nitrogens is 2. The Labute approximate surface area is 97.1 Å². The molecule has 3 atom stereocenters. The van der Waals surface area contributed by atoms with Crippen LogP contribution in [0.15, 0.2) is 12.4 Å². The van der Waals surface area contributed by atoms with Crippen molar-refractivity contribution in [2.24, 2.45) is 5.92 Å². The van der Waals surface area contributed by atoms with Gasteiger partial charge in [-0.05, 0) is 26.7 Å². The van der Waals surface area contributed by atoms with Crippen molar-refractivity contribution >= 4 is 0 Å². The Kier molecular flexibility index (Phi) is 4.83. The third-order valence-electron chi connectivity index (χ3n) is 2.98. The first-order chi connectivity index (χ1) is 7.56. The van der Waals surface area contributed by atoms with Gasteiger partial charge in [0.05, 0.1) is 11.4 Å². The third kappa shape index (κ3) is 3.25. The lowest BCUT2D eigenvalue weighted by Crippen LogP contribution is -2.36. The van der Waals surface area contributed by atoms with E-state index >= 15 is 0 Å². The van der Waals surface area contributed by atoms with E-state index in [9.17, 15) is 0 Å². The predicted octanol–water partition coefficient (Wildman–Crippen LogP) is 1.45. The number of aliphatic hydroxyl groups excluding tert-OH is 1. The molecule has 0 aromatic carbocycles. The van der Waals surface area contributed by atoms with E-state index < -0.39 is 0 Å². The normalized spacial score (nSPS) is 16.8. The van der Waals surface area contributed by atoms with E-state index in [0.29, 0.717) is 0 Å². The van der Waals surface area contributed by atoms with E-state index in [0.717, 1.165) is 11.4 Å². The summed E-state index contributed by atoms with van der Waals surface area (Å²) in [5, 5.41) is 12.5. The Bertz CT molecular complexity index is 330. The van der Waals surface area contributed by atoms with Crippen LogP contribution in [0.2, 0.25) is 0 Å². The Morgan fingerprint density at radius 1 is 1.25 bits per heavy atom. The van der Waals surface area contributed by atoms with E-state index in [1.807, 2.05) is 13.8 Å². The minimum absolute atomic E-state index is 0.151. The van der Waals surface area contributed by atoms with Gasteiger partial charge in [0.25, 0.3) is 0 Å². The molecule has 0 aliphatic heterocycles. The monoisotopic (exact) mass is 223 g/mol. The highest BCUT2D eigenvalue weighted by atomic mass is 16.3. The van der Waals surface area contributed by atoms with Gasteiger partial charge in [-0.3, -0.25) is 9.97 Å². The molecule has 1 aromatic heterocycles. The summed E-state index contributed by atoms with van der Waals surface area (Å²) < 4.78 is 0. The standard InChI is InChI=1S/C12H21N3O/c1-8(7-16)9(2)15-11(4)12-10(3)13-5-6-14-12/h5-6,8-9,11,15-16H,7H2,1-4H3. The molecule has 4 heteroatoms. The van der Waals surface area contributed by atoms with Crippen molar-refractivity contribution in [1.82, 2.24) is 15.3 Å². The van der Waals surface area contributed by atoms with Crippen LogP contribution in [0, 0.1) is 12.8 Å². The van der Waals surface area contributed by atoms with Crippen molar-refractivity contribution in [1.29, 1.82) is 0 Å². The zero-order valence-electron chi connectivity index (χ0n) is 10.4. The number of hydrogen-bond donors (Lipinski definition) is 2. The fraction of sp³-hybridized carbons (Fsp3) is 0.667. The smallest absolute Gasteiger partial charge is 0.0782 e. The van der Waals surface area contributed by atoms with Gasteiger partial charge in [0.15, 0.2) is 0 Å². The molecule has 0 amide bonds. The maximum Gasteiger partial charge on any atom is 0.0782 e. The lowest BCUT2D eigenvalue weighted by molar-refractivity contribution is 0.202. The average Bonchev–Trinajstić information content (AvgIpc) is 2.28. The summed E-state index contributed by atoms with van der Waals surface area (Å²) in [7, 11) is 0. The van der Waals surface area contributed by atoms with Gasteiger partial charge in [0.1, 0.15) is 0 Å².